The molecule has 0 unspecified atom stereocenters. The van der Waals surface area contributed by atoms with Gasteiger partial charge in [0, 0.05) is 19.6 Å². The number of ether oxygens (including phenoxy) is 3. The SMILES string of the molecule is CC(C)(C)OC(=O)NCCCCOC(=O)NCCCNC(=O)OC(C)(C)C. The molecule has 0 aliphatic rings. The maximum atomic E-state index is 11.5. The first-order chi connectivity index (χ1) is 12.4. The summed E-state index contributed by atoms with van der Waals surface area (Å²) in [5.41, 5.74) is -1.05. The highest BCUT2D eigenvalue weighted by Gasteiger charge is 2.16. The smallest absolute Gasteiger partial charge is 0.407 e. The Hall–Kier alpha value is -2.19. The molecule has 3 N–H and O–H groups in total. The minimum absolute atomic E-state index is 0.262. The lowest BCUT2D eigenvalue weighted by Gasteiger charge is -2.19. The van der Waals surface area contributed by atoms with Crippen molar-refractivity contribution in [1.82, 2.24) is 16.0 Å². The average Bonchev–Trinajstić information content (AvgIpc) is 2.46. The Balaban J connectivity index is 3.52. The van der Waals surface area contributed by atoms with Crippen molar-refractivity contribution < 1.29 is 28.6 Å². The van der Waals surface area contributed by atoms with Gasteiger partial charge in [-0.1, -0.05) is 0 Å². The number of amides is 3. The van der Waals surface area contributed by atoms with Crippen LogP contribution in [0.5, 0.6) is 0 Å². The van der Waals surface area contributed by atoms with E-state index in [1.165, 1.54) is 0 Å². The molecule has 0 aliphatic carbocycles. The molecule has 9 heteroatoms. The van der Waals surface area contributed by atoms with Crippen LogP contribution < -0.4 is 16.0 Å². The van der Waals surface area contributed by atoms with E-state index in [0.717, 1.165) is 0 Å². The van der Waals surface area contributed by atoms with Crippen LogP contribution in [-0.4, -0.2) is 55.7 Å². The number of unbranched alkanes of at least 4 members (excludes halogenated alkanes) is 1. The summed E-state index contributed by atoms with van der Waals surface area (Å²) in [5, 5.41) is 7.84. The van der Waals surface area contributed by atoms with E-state index >= 15 is 0 Å². The number of alkyl carbamates (subject to hydrolysis) is 3. The van der Waals surface area contributed by atoms with Gasteiger partial charge < -0.3 is 30.2 Å². The molecular weight excluding hydrogens is 354 g/mol. The van der Waals surface area contributed by atoms with Crippen molar-refractivity contribution in [2.45, 2.75) is 72.0 Å². The van der Waals surface area contributed by atoms with Gasteiger partial charge in [-0.3, -0.25) is 0 Å². The number of nitrogens with one attached hydrogen (secondary N) is 3. The molecule has 0 aromatic rings. The monoisotopic (exact) mass is 389 g/mol. The quantitative estimate of drug-likeness (QED) is 0.412. The zero-order valence-electron chi connectivity index (χ0n) is 17.4. The van der Waals surface area contributed by atoms with Crippen LogP contribution in [0.4, 0.5) is 14.4 Å². The Bertz CT molecular complexity index is 469. The van der Waals surface area contributed by atoms with E-state index < -0.39 is 29.5 Å². The first-order valence-electron chi connectivity index (χ1n) is 9.23. The van der Waals surface area contributed by atoms with Crippen molar-refractivity contribution in [2.24, 2.45) is 0 Å². The summed E-state index contributed by atoms with van der Waals surface area (Å²) in [6, 6.07) is 0. The average molecular weight is 389 g/mol. The van der Waals surface area contributed by atoms with Gasteiger partial charge >= 0.3 is 18.3 Å². The Labute approximate surface area is 161 Å². The van der Waals surface area contributed by atoms with Crippen molar-refractivity contribution in [3.63, 3.8) is 0 Å². The molecule has 0 aromatic heterocycles. The third-order valence-electron chi connectivity index (χ3n) is 2.76. The van der Waals surface area contributed by atoms with Crippen LogP contribution in [0.15, 0.2) is 0 Å². The Kier molecular flexibility index (Phi) is 11.2. The molecule has 0 atom stereocenters. The zero-order chi connectivity index (χ0) is 20.9. The van der Waals surface area contributed by atoms with Crippen molar-refractivity contribution in [3.05, 3.63) is 0 Å². The highest BCUT2D eigenvalue weighted by molar-refractivity contribution is 5.68. The summed E-state index contributed by atoms with van der Waals surface area (Å²) < 4.78 is 15.2. The predicted octanol–water partition coefficient (Wildman–Crippen LogP) is 2.93. The van der Waals surface area contributed by atoms with Crippen molar-refractivity contribution in [1.29, 1.82) is 0 Å². The molecule has 27 heavy (non-hydrogen) atoms. The summed E-state index contributed by atoms with van der Waals surface area (Å²) in [7, 11) is 0. The zero-order valence-corrected chi connectivity index (χ0v) is 17.4. The van der Waals surface area contributed by atoms with Gasteiger partial charge in [-0.05, 0) is 60.8 Å². The Morgan fingerprint density at radius 1 is 0.630 bits per heavy atom. The summed E-state index contributed by atoms with van der Waals surface area (Å²) in [4.78, 5) is 34.3. The highest BCUT2D eigenvalue weighted by atomic mass is 16.6. The van der Waals surface area contributed by atoms with E-state index in [9.17, 15) is 14.4 Å². The molecule has 0 aromatic carbocycles. The van der Waals surface area contributed by atoms with E-state index in [0.29, 0.717) is 38.9 Å². The second kappa shape index (κ2) is 12.2. The number of carbonyl (C=O) groups excluding carboxylic acids is 3. The van der Waals surface area contributed by atoms with Gasteiger partial charge in [0.25, 0.3) is 0 Å². The lowest BCUT2D eigenvalue weighted by Crippen LogP contribution is -2.34. The van der Waals surface area contributed by atoms with E-state index in [1.807, 2.05) is 0 Å². The van der Waals surface area contributed by atoms with Gasteiger partial charge in [0.15, 0.2) is 0 Å². The number of hydrogen-bond acceptors (Lipinski definition) is 6. The van der Waals surface area contributed by atoms with Crippen LogP contribution in [0.25, 0.3) is 0 Å². The summed E-state index contributed by atoms with van der Waals surface area (Å²) >= 11 is 0. The normalized spacial score (nSPS) is 11.3. The van der Waals surface area contributed by atoms with Gasteiger partial charge in [0.05, 0.1) is 6.61 Å². The van der Waals surface area contributed by atoms with Gasteiger partial charge in [-0.2, -0.15) is 0 Å². The van der Waals surface area contributed by atoms with Crippen LogP contribution in [0.3, 0.4) is 0 Å². The van der Waals surface area contributed by atoms with Crippen LogP contribution >= 0.6 is 0 Å². The highest BCUT2D eigenvalue weighted by Crippen LogP contribution is 2.07. The molecule has 0 bridgehead atoms. The van der Waals surface area contributed by atoms with Gasteiger partial charge in [0.2, 0.25) is 0 Å². The number of hydrogen-bond donors (Lipinski definition) is 3. The van der Waals surface area contributed by atoms with Crippen molar-refractivity contribution in [2.75, 3.05) is 26.2 Å². The number of carbonyl (C=O) groups is 3. The van der Waals surface area contributed by atoms with E-state index in [2.05, 4.69) is 16.0 Å². The summed E-state index contributed by atoms with van der Waals surface area (Å²) in [6.07, 6.45) is 0.419. The lowest BCUT2D eigenvalue weighted by atomic mass is 10.2. The Morgan fingerprint density at radius 2 is 1.04 bits per heavy atom. The number of rotatable bonds is 9. The molecule has 0 saturated carbocycles. The molecule has 0 rings (SSSR count). The van der Waals surface area contributed by atoms with Crippen LogP contribution in [0, 0.1) is 0 Å². The minimum atomic E-state index is -0.533. The summed E-state index contributed by atoms with van der Waals surface area (Å²) in [5.74, 6) is 0. The third-order valence-corrected chi connectivity index (χ3v) is 2.76. The van der Waals surface area contributed by atoms with Gasteiger partial charge in [-0.15, -0.1) is 0 Å². The fourth-order valence-electron chi connectivity index (χ4n) is 1.73. The molecule has 0 heterocycles. The fraction of sp³-hybridized carbons (Fsp3) is 0.833. The molecule has 9 nitrogen and oxygen atoms in total. The molecule has 0 fully saturated rings. The van der Waals surface area contributed by atoms with Crippen molar-refractivity contribution in [3.8, 4) is 0 Å². The second-order valence-electron chi connectivity index (χ2n) is 7.98. The first kappa shape index (κ1) is 24.8. The molecule has 0 spiro atoms. The van der Waals surface area contributed by atoms with Gasteiger partial charge in [-0.25, -0.2) is 14.4 Å². The molecule has 3 amide bonds. The second-order valence-corrected chi connectivity index (χ2v) is 7.98. The summed E-state index contributed by atoms with van der Waals surface area (Å²) in [6.45, 7) is 12.3. The van der Waals surface area contributed by atoms with Crippen LogP contribution in [-0.2, 0) is 14.2 Å². The molecule has 0 radical (unpaired) electrons. The maximum Gasteiger partial charge on any atom is 0.407 e. The fourth-order valence-corrected chi connectivity index (χ4v) is 1.73. The van der Waals surface area contributed by atoms with Crippen molar-refractivity contribution >= 4 is 18.3 Å². The van der Waals surface area contributed by atoms with E-state index in [-0.39, 0.29) is 6.61 Å². The van der Waals surface area contributed by atoms with E-state index in [4.69, 9.17) is 14.2 Å². The lowest BCUT2D eigenvalue weighted by molar-refractivity contribution is 0.0514. The Morgan fingerprint density at radius 3 is 1.48 bits per heavy atom. The molecule has 0 saturated heterocycles. The third kappa shape index (κ3) is 18.4. The standard InChI is InChI=1S/C18H35N3O6/c1-17(2,3)26-15(23)20-10-7-8-13-25-14(22)19-11-9-12-21-16(24)27-18(4,5)6/h7-13H2,1-6H3,(H,19,22)(H,20,23)(H,21,24). The first-order valence-corrected chi connectivity index (χ1v) is 9.23. The molecular formula is C18H35N3O6. The van der Waals surface area contributed by atoms with Gasteiger partial charge in [0.1, 0.15) is 11.2 Å². The minimum Gasteiger partial charge on any atom is -0.450 e. The topological polar surface area (TPSA) is 115 Å². The maximum absolute atomic E-state index is 11.5. The molecule has 158 valence electrons. The largest absolute Gasteiger partial charge is 0.450 e. The predicted molar refractivity (Wildman–Crippen MR) is 102 cm³/mol. The van der Waals surface area contributed by atoms with E-state index in [1.54, 1.807) is 41.5 Å². The van der Waals surface area contributed by atoms with Crippen LogP contribution in [0.2, 0.25) is 0 Å². The molecule has 0 aliphatic heterocycles. The van der Waals surface area contributed by atoms with Crippen LogP contribution in [0.1, 0.15) is 60.8 Å².